The van der Waals surface area contributed by atoms with E-state index in [1.54, 1.807) is 30.3 Å². The lowest BCUT2D eigenvalue weighted by atomic mass is 9.97. The molecule has 0 aliphatic carbocycles. The summed E-state index contributed by atoms with van der Waals surface area (Å²) in [5, 5.41) is 7.70. The van der Waals surface area contributed by atoms with Crippen LogP contribution in [0, 0.1) is 13.8 Å². The van der Waals surface area contributed by atoms with Crippen molar-refractivity contribution in [2.45, 2.75) is 25.9 Å². The van der Waals surface area contributed by atoms with E-state index >= 15 is 0 Å². The highest BCUT2D eigenvalue weighted by molar-refractivity contribution is 5.94. The van der Waals surface area contributed by atoms with Crippen molar-refractivity contribution in [3.8, 4) is 22.7 Å². The minimum atomic E-state index is -5.81. The summed E-state index contributed by atoms with van der Waals surface area (Å²) in [4.78, 5) is 8.04. The molecule has 168 valence electrons. The van der Waals surface area contributed by atoms with Crippen molar-refractivity contribution in [2.75, 3.05) is 0 Å². The van der Waals surface area contributed by atoms with Gasteiger partial charge in [0.05, 0.1) is 0 Å². The van der Waals surface area contributed by atoms with Crippen LogP contribution in [-0.2, 0) is 5.92 Å². The van der Waals surface area contributed by atoms with E-state index in [9.17, 15) is 22.0 Å². The number of benzene rings is 1. The first-order valence-corrected chi connectivity index (χ1v) is 9.68. The summed E-state index contributed by atoms with van der Waals surface area (Å²) in [6.45, 7) is 3.71. The number of fused-ring (bicyclic) bond motifs is 3. The fraction of sp³-hybridized carbons (Fsp3) is 0.182. The van der Waals surface area contributed by atoms with Crippen LogP contribution in [0.4, 0.5) is 22.0 Å². The minimum Gasteiger partial charge on any atom is -0.422 e. The number of hydrogen-bond acceptors (Lipinski definition) is 5. The molecule has 0 fully saturated rings. The van der Waals surface area contributed by atoms with Crippen molar-refractivity contribution in [3.63, 3.8) is 0 Å². The van der Waals surface area contributed by atoms with E-state index < -0.39 is 17.8 Å². The van der Waals surface area contributed by atoms with Gasteiger partial charge in [0.2, 0.25) is 6.39 Å². The van der Waals surface area contributed by atoms with E-state index in [1.807, 2.05) is 13.8 Å². The van der Waals surface area contributed by atoms with E-state index in [4.69, 9.17) is 4.42 Å². The molecule has 5 aromatic rings. The Labute approximate surface area is 182 Å². The van der Waals surface area contributed by atoms with E-state index in [0.29, 0.717) is 10.9 Å². The van der Waals surface area contributed by atoms with Gasteiger partial charge in [0, 0.05) is 11.6 Å². The van der Waals surface area contributed by atoms with Gasteiger partial charge >= 0.3 is 12.1 Å². The zero-order valence-corrected chi connectivity index (χ0v) is 17.2. The topological polar surface area (TPSA) is 69.1 Å². The predicted octanol–water partition coefficient (Wildman–Crippen LogP) is 5.87. The molecule has 0 saturated heterocycles. The molecule has 0 spiro atoms. The molecule has 1 aromatic carbocycles. The number of pyridine rings is 2. The van der Waals surface area contributed by atoms with Crippen molar-refractivity contribution in [1.82, 2.24) is 24.6 Å². The van der Waals surface area contributed by atoms with Gasteiger partial charge in [-0.05, 0) is 54.3 Å². The van der Waals surface area contributed by atoms with Crippen LogP contribution in [0.3, 0.4) is 0 Å². The van der Waals surface area contributed by atoms with Gasteiger partial charge in [0.25, 0.3) is 5.89 Å². The van der Waals surface area contributed by atoms with Gasteiger partial charge in [-0.1, -0.05) is 18.2 Å². The normalized spacial score (nSPS) is 12.7. The van der Waals surface area contributed by atoms with Gasteiger partial charge in [0.1, 0.15) is 22.7 Å². The molecule has 0 aliphatic rings. The monoisotopic (exact) mass is 459 g/mol. The van der Waals surface area contributed by atoms with Crippen LogP contribution in [0.25, 0.3) is 39.4 Å². The summed E-state index contributed by atoms with van der Waals surface area (Å²) in [7, 11) is 0. The lowest BCUT2D eigenvalue weighted by Gasteiger charge is -2.21. The SMILES string of the molecule is Cc1ccc(-c2cc(C(F)(F)C(F)(F)F)nc3c2ccc2nc(-c4nnco4)cn23)cc1C. The first-order chi connectivity index (χ1) is 15.6. The van der Waals surface area contributed by atoms with Crippen LogP contribution in [0.1, 0.15) is 16.8 Å². The molecule has 5 rings (SSSR count). The molecule has 6 nitrogen and oxygen atoms in total. The average molecular weight is 459 g/mol. The molecular weight excluding hydrogens is 445 g/mol. The predicted molar refractivity (Wildman–Crippen MR) is 109 cm³/mol. The third kappa shape index (κ3) is 3.31. The highest BCUT2D eigenvalue weighted by Gasteiger charge is 2.60. The fourth-order valence-electron chi connectivity index (χ4n) is 3.57. The Bertz CT molecular complexity index is 1510. The summed E-state index contributed by atoms with van der Waals surface area (Å²) < 4.78 is 75.0. The molecule has 0 bridgehead atoms. The Kier molecular flexibility index (Phi) is 4.49. The van der Waals surface area contributed by atoms with Gasteiger partial charge < -0.3 is 4.42 Å². The number of imidazole rings is 1. The summed E-state index contributed by atoms with van der Waals surface area (Å²) in [6.07, 6.45) is -3.32. The Balaban J connectivity index is 1.86. The Morgan fingerprint density at radius 1 is 0.909 bits per heavy atom. The molecule has 0 atom stereocenters. The third-order valence-electron chi connectivity index (χ3n) is 5.47. The molecular formula is C22H14F5N5O. The van der Waals surface area contributed by atoms with E-state index in [1.165, 1.54) is 10.6 Å². The smallest absolute Gasteiger partial charge is 0.422 e. The number of nitrogens with zero attached hydrogens (tertiary/aromatic N) is 5. The highest BCUT2D eigenvalue weighted by atomic mass is 19.4. The van der Waals surface area contributed by atoms with E-state index in [2.05, 4.69) is 20.2 Å². The molecule has 0 saturated carbocycles. The summed E-state index contributed by atoms with van der Waals surface area (Å²) in [5.74, 6) is -5.09. The van der Waals surface area contributed by atoms with Crippen LogP contribution in [-0.4, -0.2) is 30.7 Å². The Morgan fingerprint density at radius 3 is 2.36 bits per heavy atom. The Morgan fingerprint density at radius 2 is 1.70 bits per heavy atom. The number of halogens is 5. The zero-order valence-electron chi connectivity index (χ0n) is 17.2. The molecule has 33 heavy (non-hydrogen) atoms. The molecule has 4 heterocycles. The van der Waals surface area contributed by atoms with Crippen molar-refractivity contribution in [3.05, 3.63) is 65.8 Å². The van der Waals surface area contributed by atoms with Crippen LogP contribution >= 0.6 is 0 Å². The maximum absolute atomic E-state index is 14.4. The number of hydrogen-bond donors (Lipinski definition) is 0. The van der Waals surface area contributed by atoms with Gasteiger partial charge in [-0.2, -0.15) is 22.0 Å². The zero-order chi connectivity index (χ0) is 23.5. The molecule has 4 aromatic heterocycles. The molecule has 11 heteroatoms. The lowest BCUT2D eigenvalue weighted by molar-refractivity contribution is -0.290. The fourth-order valence-corrected chi connectivity index (χ4v) is 3.57. The van der Waals surface area contributed by atoms with Crippen LogP contribution < -0.4 is 0 Å². The van der Waals surface area contributed by atoms with Crippen molar-refractivity contribution >= 4 is 16.7 Å². The summed E-state index contributed by atoms with van der Waals surface area (Å²) >= 11 is 0. The summed E-state index contributed by atoms with van der Waals surface area (Å²) in [5.41, 5.74) is 1.47. The van der Waals surface area contributed by atoms with Crippen LogP contribution in [0.15, 0.2) is 53.4 Å². The first-order valence-electron chi connectivity index (χ1n) is 9.68. The second-order valence-corrected chi connectivity index (χ2v) is 7.60. The van der Waals surface area contributed by atoms with Crippen molar-refractivity contribution < 1.29 is 26.4 Å². The standard InChI is InChI=1S/C22H14F5N5O/c1-11-3-4-13(7-12(11)2)15-8-17(21(23,24)22(25,26)27)30-19-14(15)5-6-18-29-16(9-32(18)19)20-31-28-10-33-20/h3-10H,1-2H3. The van der Waals surface area contributed by atoms with E-state index in [0.717, 1.165) is 23.6 Å². The van der Waals surface area contributed by atoms with Gasteiger partial charge in [-0.25, -0.2) is 9.97 Å². The van der Waals surface area contributed by atoms with Gasteiger partial charge in [0.15, 0.2) is 0 Å². The highest BCUT2D eigenvalue weighted by Crippen LogP contribution is 2.45. The van der Waals surface area contributed by atoms with Gasteiger partial charge in [-0.15, -0.1) is 10.2 Å². The Hall–Kier alpha value is -3.89. The molecule has 0 amide bonds. The maximum Gasteiger partial charge on any atom is 0.459 e. The number of aromatic nitrogens is 5. The maximum atomic E-state index is 14.4. The number of aryl methyl sites for hydroxylation is 2. The van der Waals surface area contributed by atoms with Crippen LogP contribution in [0.5, 0.6) is 0 Å². The van der Waals surface area contributed by atoms with Crippen molar-refractivity contribution in [2.24, 2.45) is 0 Å². The third-order valence-corrected chi connectivity index (χ3v) is 5.47. The van der Waals surface area contributed by atoms with Crippen molar-refractivity contribution in [1.29, 1.82) is 0 Å². The average Bonchev–Trinajstić information content (AvgIpc) is 3.43. The largest absolute Gasteiger partial charge is 0.459 e. The van der Waals surface area contributed by atoms with E-state index in [-0.39, 0.29) is 28.4 Å². The second-order valence-electron chi connectivity index (χ2n) is 7.60. The minimum absolute atomic E-state index is 0.0676. The quantitative estimate of drug-likeness (QED) is 0.316. The van der Waals surface area contributed by atoms with Gasteiger partial charge in [-0.3, -0.25) is 4.40 Å². The molecule has 0 unspecified atom stereocenters. The summed E-state index contributed by atoms with van der Waals surface area (Å²) in [6, 6.07) is 9.18. The molecule has 0 aliphatic heterocycles. The first kappa shape index (κ1) is 21.0. The lowest BCUT2D eigenvalue weighted by Crippen LogP contribution is -2.34. The second kappa shape index (κ2) is 7.06. The molecule has 0 N–H and O–H groups in total. The van der Waals surface area contributed by atoms with Crippen LogP contribution in [0.2, 0.25) is 0 Å². The molecule has 0 radical (unpaired) electrons. The number of rotatable bonds is 3. The number of alkyl halides is 5.